The number of nitrogens with zero attached hydrogens (tertiary/aromatic N) is 2. The number of hydrogen-bond acceptors (Lipinski definition) is 2. The first-order chi connectivity index (χ1) is 9.40. The van der Waals surface area contributed by atoms with Gasteiger partial charge in [-0.25, -0.2) is 8.78 Å². The monoisotopic (exact) mass is 299 g/mol. The molecule has 1 aromatic carbocycles. The summed E-state index contributed by atoms with van der Waals surface area (Å²) in [5.74, 6) is -1.19. The van der Waals surface area contributed by atoms with Gasteiger partial charge < -0.3 is 14.5 Å². The number of aromatic nitrogens is 2. The van der Waals surface area contributed by atoms with Crippen LogP contribution in [0.4, 0.5) is 8.78 Å². The van der Waals surface area contributed by atoms with Crippen LogP contribution in [0.1, 0.15) is 20.3 Å². The highest BCUT2D eigenvalue weighted by Crippen LogP contribution is 2.19. The highest BCUT2D eigenvalue weighted by molar-refractivity contribution is 7.71. The zero-order valence-corrected chi connectivity index (χ0v) is 12.7. The van der Waals surface area contributed by atoms with Gasteiger partial charge in [0.1, 0.15) is 11.3 Å². The maximum Gasteiger partial charge on any atom is 0.178 e. The minimum atomic E-state index is -0.607. The molecule has 0 aliphatic heterocycles. The Morgan fingerprint density at radius 3 is 2.70 bits per heavy atom. The lowest BCUT2D eigenvalue weighted by molar-refractivity contribution is 0.266. The Hall–Kier alpha value is -1.27. The van der Waals surface area contributed by atoms with E-state index in [2.05, 4.69) is 30.8 Å². The quantitative estimate of drug-likeness (QED) is 0.851. The maximum absolute atomic E-state index is 13.7. The summed E-state index contributed by atoms with van der Waals surface area (Å²) >= 11 is 5.19. The van der Waals surface area contributed by atoms with Crippen molar-refractivity contribution in [1.29, 1.82) is 0 Å². The number of hydrogen-bond donors (Lipinski definition) is 1. The van der Waals surface area contributed by atoms with Gasteiger partial charge in [0.05, 0.1) is 5.52 Å². The van der Waals surface area contributed by atoms with Crippen LogP contribution in [0.5, 0.6) is 0 Å². The number of fused-ring (bicyclic) bond motifs is 1. The minimum absolute atomic E-state index is 0.272. The summed E-state index contributed by atoms with van der Waals surface area (Å²) in [6, 6.07) is 2.65. The van der Waals surface area contributed by atoms with Crippen molar-refractivity contribution in [3.63, 3.8) is 0 Å². The standard InChI is InChI=1S/C14H19F2N3S/c1-9(2)18(3)5-4-6-19-12-8-10(15)7-11(16)13(12)17-14(19)20/h7-9H,4-6H2,1-3H3,(H,17,20). The molecule has 110 valence electrons. The molecule has 0 spiro atoms. The first-order valence-electron chi connectivity index (χ1n) is 6.68. The first kappa shape index (κ1) is 15.1. The van der Waals surface area contributed by atoms with Gasteiger partial charge in [0.25, 0.3) is 0 Å². The summed E-state index contributed by atoms with van der Waals surface area (Å²) in [7, 11) is 2.05. The van der Waals surface area contributed by atoms with Gasteiger partial charge in [0.2, 0.25) is 0 Å². The lowest BCUT2D eigenvalue weighted by atomic mass is 10.2. The van der Waals surface area contributed by atoms with E-state index in [0.717, 1.165) is 19.0 Å². The van der Waals surface area contributed by atoms with Gasteiger partial charge in [0, 0.05) is 18.7 Å². The molecule has 0 aliphatic carbocycles. The fraction of sp³-hybridized carbons (Fsp3) is 0.500. The van der Waals surface area contributed by atoms with E-state index in [4.69, 9.17) is 12.2 Å². The molecule has 0 radical (unpaired) electrons. The Bertz CT molecular complexity index is 660. The van der Waals surface area contributed by atoms with E-state index < -0.39 is 11.6 Å². The molecule has 6 heteroatoms. The zero-order chi connectivity index (χ0) is 14.9. The molecule has 0 saturated carbocycles. The topological polar surface area (TPSA) is 24.0 Å². The van der Waals surface area contributed by atoms with Crippen LogP contribution in [-0.2, 0) is 6.54 Å². The third kappa shape index (κ3) is 3.07. The molecule has 20 heavy (non-hydrogen) atoms. The Balaban J connectivity index is 2.22. The van der Waals surface area contributed by atoms with E-state index >= 15 is 0 Å². The molecule has 1 N–H and O–H groups in total. The molecular weight excluding hydrogens is 280 g/mol. The summed E-state index contributed by atoms with van der Waals surface area (Å²) in [6.45, 7) is 5.80. The predicted molar refractivity (Wildman–Crippen MR) is 79.4 cm³/mol. The van der Waals surface area contributed by atoms with Gasteiger partial charge >= 0.3 is 0 Å². The van der Waals surface area contributed by atoms with E-state index in [1.807, 2.05) is 0 Å². The number of nitrogens with one attached hydrogen (secondary N) is 1. The van der Waals surface area contributed by atoms with Crippen LogP contribution in [0.25, 0.3) is 11.0 Å². The van der Waals surface area contributed by atoms with E-state index in [0.29, 0.717) is 22.9 Å². The Labute approximate surface area is 122 Å². The normalized spacial score (nSPS) is 11.9. The van der Waals surface area contributed by atoms with Crippen LogP contribution in [0, 0.1) is 16.4 Å². The molecule has 0 fully saturated rings. The molecular formula is C14H19F2N3S. The Kier molecular flexibility index (Phi) is 4.55. The molecule has 2 aromatic rings. The molecule has 3 nitrogen and oxygen atoms in total. The summed E-state index contributed by atoms with van der Waals surface area (Å²) in [4.78, 5) is 5.03. The number of imidazole rings is 1. The van der Waals surface area contributed by atoms with E-state index in [1.54, 1.807) is 4.57 Å². The zero-order valence-electron chi connectivity index (χ0n) is 11.9. The lowest BCUT2D eigenvalue weighted by Crippen LogP contribution is -2.27. The summed E-state index contributed by atoms with van der Waals surface area (Å²) in [5, 5.41) is 0. The molecule has 1 heterocycles. The van der Waals surface area contributed by atoms with Crippen LogP contribution in [0.3, 0.4) is 0 Å². The molecule has 0 atom stereocenters. The molecule has 0 aliphatic rings. The second-order valence-corrected chi connectivity index (χ2v) is 5.68. The number of benzene rings is 1. The predicted octanol–water partition coefficient (Wildman–Crippen LogP) is 3.71. The SMILES string of the molecule is CC(C)N(C)CCCn1c(=S)[nH]c2c(F)cc(F)cc21. The minimum Gasteiger partial charge on any atom is -0.328 e. The molecule has 0 unspecified atom stereocenters. The van der Waals surface area contributed by atoms with Crippen LogP contribution in [-0.4, -0.2) is 34.1 Å². The van der Waals surface area contributed by atoms with Crippen LogP contribution >= 0.6 is 12.2 Å². The van der Waals surface area contributed by atoms with Gasteiger partial charge in [-0.3, -0.25) is 0 Å². The smallest absolute Gasteiger partial charge is 0.178 e. The Morgan fingerprint density at radius 1 is 1.35 bits per heavy atom. The van der Waals surface area contributed by atoms with Crippen molar-refractivity contribution < 1.29 is 8.78 Å². The van der Waals surface area contributed by atoms with Crippen LogP contribution < -0.4 is 0 Å². The highest BCUT2D eigenvalue weighted by Gasteiger charge is 2.11. The van der Waals surface area contributed by atoms with Crippen molar-refractivity contribution in [3.05, 3.63) is 28.5 Å². The first-order valence-corrected chi connectivity index (χ1v) is 7.08. The van der Waals surface area contributed by atoms with E-state index in [9.17, 15) is 8.78 Å². The van der Waals surface area contributed by atoms with Gasteiger partial charge in [-0.1, -0.05) is 0 Å². The van der Waals surface area contributed by atoms with Gasteiger partial charge in [-0.15, -0.1) is 0 Å². The van der Waals surface area contributed by atoms with E-state index in [-0.39, 0.29) is 5.52 Å². The van der Waals surface area contributed by atoms with Crippen LogP contribution in [0.2, 0.25) is 0 Å². The van der Waals surface area contributed by atoms with E-state index in [1.165, 1.54) is 6.07 Å². The largest absolute Gasteiger partial charge is 0.328 e. The van der Waals surface area contributed by atoms with Crippen molar-refractivity contribution in [2.24, 2.45) is 0 Å². The molecule has 0 saturated heterocycles. The van der Waals surface area contributed by atoms with Crippen molar-refractivity contribution in [3.8, 4) is 0 Å². The van der Waals surface area contributed by atoms with Crippen molar-refractivity contribution in [2.45, 2.75) is 32.9 Å². The second-order valence-electron chi connectivity index (χ2n) is 5.29. The molecule has 0 bridgehead atoms. The van der Waals surface area contributed by atoms with Gasteiger partial charge in [-0.2, -0.15) is 0 Å². The fourth-order valence-electron chi connectivity index (χ4n) is 2.14. The number of aromatic amines is 1. The molecule has 1 aromatic heterocycles. The van der Waals surface area contributed by atoms with Crippen LogP contribution in [0.15, 0.2) is 12.1 Å². The lowest BCUT2D eigenvalue weighted by Gasteiger charge is -2.20. The molecule has 0 amide bonds. The maximum atomic E-state index is 13.7. The van der Waals surface area contributed by atoms with Crippen molar-refractivity contribution in [2.75, 3.05) is 13.6 Å². The average molecular weight is 299 g/mol. The summed E-state index contributed by atoms with van der Waals surface area (Å²) in [5.41, 5.74) is 0.758. The third-order valence-corrected chi connectivity index (χ3v) is 3.90. The third-order valence-electron chi connectivity index (χ3n) is 3.58. The van der Waals surface area contributed by atoms with Gasteiger partial charge in [0.15, 0.2) is 10.6 Å². The molecule has 2 rings (SSSR count). The number of H-pyrrole nitrogens is 1. The number of rotatable bonds is 5. The highest BCUT2D eigenvalue weighted by atomic mass is 32.1. The summed E-state index contributed by atoms with van der Waals surface area (Å²) < 4.78 is 29.2. The second kappa shape index (κ2) is 6.01. The van der Waals surface area contributed by atoms with Crippen molar-refractivity contribution >= 4 is 23.3 Å². The van der Waals surface area contributed by atoms with Gasteiger partial charge in [-0.05, 0) is 52.1 Å². The number of halogens is 2. The number of aryl methyl sites for hydroxylation is 1. The summed E-state index contributed by atoms with van der Waals surface area (Å²) in [6.07, 6.45) is 0.869. The van der Waals surface area contributed by atoms with Crippen molar-refractivity contribution in [1.82, 2.24) is 14.5 Å². The Morgan fingerprint density at radius 2 is 2.05 bits per heavy atom. The fourth-order valence-corrected chi connectivity index (χ4v) is 2.43. The average Bonchev–Trinajstić information content (AvgIpc) is 2.66.